The SMILES string of the molecule is C1CCC(NC2CCCCC2)CC1.CC(C)[C@@H](NSc1ccccc1[N+](=O)[O-])C(=O)O. The van der Waals surface area contributed by atoms with Crippen molar-refractivity contribution in [2.45, 2.75) is 101 Å². The van der Waals surface area contributed by atoms with Crippen LogP contribution in [-0.4, -0.2) is 34.1 Å². The summed E-state index contributed by atoms with van der Waals surface area (Å²) in [7, 11) is 0. The fraction of sp³-hybridized carbons (Fsp3) is 0.696. The van der Waals surface area contributed by atoms with Gasteiger partial charge in [-0.25, -0.2) is 4.72 Å². The molecule has 0 aliphatic heterocycles. The predicted octanol–water partition coefficient (Wildman–Crippen LogP) is 5.54. The number of nitrogens with zero attached hydrogens (tertiary/aromatic N) is 1. The van der Waals surface area contributed by atoms with E-state index in [-0.39, 0.29) is 11.6 Å². The first-order chi connectivity index (χ1) is 14.9. The Balaban J connectivity index is 0.000000231. The summed E-state index contributed by atoms with van der Waals surface area (Å²) >= 11 is 0.968. The van der Waals surface area contributed by atoms with E-state index < -0.39 is 16.9 Å². The summed E-state index contributed by atoms with van der Waals surface area (Å²) in [4.78, 5) is 21.7. The molecule has 0 spiro atoms. The van der Waals surface area contributed by atoms with Gasteiger partial charge in [-0.2, -0.15) is 0 Å². The number of nitrogens with one attached hydrogen (secondary N) is 2. The Morgan fingerprint density at radius 1 is 1.03 bits per heavy atom. The van der Waals surface area contributed by atoms with Crippen LogP contribution in [0, 0.1) is 16.0 Å². The summed E-state index contributed by atoms with van der Waals surface area (Å²) in [6, 6.07) is 7.19. The molecule has 3 rings (SSSR count). The van der Waals surface area contributed by atoms with Crippen molar-refractivity contribution in [3.8, 4) is 0 Å². The van der Waals surface area contributed by atoms with Crippen molar-refractivity contribution >= 4 is 23.6 Å². The van der Waals surface area contributed by atoms with E-state index in [2.05, 4.69) is 10.0 Å². The van der Waals surface area contributed by atoms with Crippen LogP contribution in [0.1, 0.15) is 78.1 Å². The van der Waals surface area contributed by atoms with Crippen LogP contribution in [0.5, 0.6) is 0 Å². The number of carbonyl (C=O) groups is 1. The van der Waals surface area contributed by atoms with E-state index in [9.17, 15) is 14.9 Å². The fourth-order valence-corrected chi connectivity index (χ4v) is 5.19. The second-order valence-electron chi connectivity index (χ2n) is 8.84. The Morgan fingerprint density at radius 2 is 1.55 bits per heavy atom. The number of hydrogen-bond acceptors (Lipinski definition) is 6. The lowest BCUT2D eigenvalue weighted by Gasteiger charge is -2.30. The summed E-state index contributed by atoms with van der Waals surface area (Å²) < 4.78 is 2.74. The zero-order valence-electron chi connectivity index (χ0n) is 18.7. The molecule has 0 bridgehead atoms. The van der Waals surface area contributed by atoms with Crippen molar-refractivity contribution in [2.24, 2.45) is 5.92 Å². The number of rotatable bonds is 8. The highest BCUT2D eigenvalue weighted by atomic mass is 32.2. The minimum absolute atomic E-state index is 0.0390. The second-order valence-corrected chi connectivity index (χ2v) is 9.72. The molecular formula is C23H37N3O4S. The molecule has 2 saturated carbocycles. The van der Waals surface area contributed by atoms with Gasteiger partial charge in [0.2, 0.25) is 0 Å². The van der Waals surface area contributed by atoms with Gasteiger partial charge in [-0.1, -0.05) is 64.5 Å². The maximum atomic E-state index is 11.0. The van der Waals surface area contributed by atoms with Gasteiger partial charge < -0.3 is 10.4 Å². The van der Waals surface area contributed by atoms with E-state index in [1.54, 1.807) is 32.0 Å². The van der Waals surface area contributed by atoms with Gasteiger partial charge in [0.15, 0.2) is 0 Å². The third-order valence-electron chi connectivity index (χ3n) is 5.97. The number of nitro benzene ring substituents is 1. The van der Waals surface area contributed by atoms with Crippen molar-refractivity contribution in [3.05, 3.63) is 34.4 Å². The van der Waals surface area contributed by atoms with Crippen LogP contribution >= 0.6 is 11.9 Å². The molecule has 7 nitrogen and oxygen atoms in total. The summed E-state index contributed by atoms with van der Waals surface area (Å²) in [5.74, 6) is -1.09. The van der Waals surface area contributed by atoms with Crippen LogP contribution in [-0.2, 0) is 4.79 Å². The van der Waals surface area contributed by atoms with Gasteiger partial charge in [0.25, 0.3) is 5.69 Å². The Kier molecular flexibility index (Phi) is 11.3. The van der Waals surface area contributed by atoms with Crippen LogP contribution in [0.2, 0.25) is 0 Å². The Labute approximate surface area is 190 Å². The molecule has 1 aromatic carbocycles. The molecule has 174 valence electrons. The highest BCUT2D eigenvalue weighted by Gasteiger charge is 2.23. The van der Waals surface area contributed by atoms with Crippen molar-refractivity contribution < 1.29 is 14.8 Å². The molecule has 0 amide bonds. The molecule has 1 atom stereocenters. The quantitative estimate of drug-likeness (QED) is 0.271. The summed E-state index contributed by atoms with van der Waals surface area (Å²) in [6.45, 7) is 3.54. The van der Waals surface area contributed by atoms with E-state index >= 15 is 0 Å². The van der Waals surface area contributed by atoms with E-state index in [0.717, 1.165) is 24.0 Å². The fourth-order valence-electron chi connectivity index (χ4n) is 4.16. The van der Waals surface area contributed by atoms with Crippen molar-refractivity contribution in [1.29, 1.82) is 0 Å². The van der Waals surface area contributed by atoms with Gasteiger partial charge in [-0.15, -0.1) is 0 Å². The molecule has 2 fully saturated rings. The summed E-state index contributed by atoms with van der Waals surface area (Å²) in [6.07, 6.45) is 14.6. The van der Waals surface area contributed by atoms with Gasteiger partial charge in [0, 0.05) is 18.2 Å². The first-order valence-electron chi connectivity index (χ1n) is 11.5. The molecule has 8 heteroatoms. The zero-order valence-corrected chi connectivity index (χ0v) is 19.5. The summed E-state index contributed by atoms with van der Waals surface area (Å²) in [5, 5.41) is 23.6. The van der Waals surface area contributed by atoms with Gasteiger partial charge in [0.05, 0.1) is 4.92 Å². The molecule has 31 heavy (non-hydrogen) atoms. The molecule has 0 aromatic heterocycles. The highest BCUT2D eigenvalue weighted by molar-refractivity contribution is 7.97. The lowest BCUT2D eigenvalue weighted by atomic mass is 9.91. The topological polar surface area (TPSA) is 105 Å². The molecule has 0 heterocycles. The number of para-hydroxylation sites is 1. The number of carboxylic acids is 1. The van der Waals surface area contributed by atoms with Crippen LogP contribution in [0.25, 0.3) is 0 Å². The second kappa shape index (κ2) is 13.7. The first-order valence-corrected chi connectivity index (χ1v) is 12.3. The van der Waals surface area contributed by atoms with Gasteiger partial charge in [0.1, 0.15) is 10.9 Å². The zero-order chi connectivity index (χ0) is 22.6. The van der Waals surface area contributed by atoms with E-state index in [4.69, 9.17) is 5.11 Å². The highest BCUT2D eigenvalue weighted by Crippen LogP contribution is 2.27. The van der Waals surface area contributed by atoms with Crippen LogP contribution < -0.4 is 10.0 Å². The number of aliphatic carboxylic acids is 1. The normalized spacial score (nSPS) is 18.8. The van der Waals surface area contributed by atoms with E-state index in [0.29, 0.717) is 4.90 Å². The Hall–Kier alpha value is -1.64. The molecular weight excluding hydrogens is 414 g/mol. The van der Waals surface area contributed by atoms with Gasteiger partial charge in [-0.05, 0) is 49.6 Å². The van der Waals surface area contributed by atoms with Crippen molar-refractivity contribution in [1.82, 2.24) is 10.0 Å². The van der Waals surface area contributed by atoms with Crippen LogP contribution in [0.4, 0.5) is 5.69 Å². The van der Waals surface area contributed by atoms with E-state index in [1.807, 2.05) is 0 Å². The van der Waals surface area contributed by atoms with Crippen LogP contribution in [0.3, 0.4) is 0 Å². The number of nitro groups is 1. The standard InChI is InChI=1S/C12H23N.C11H14N2O4S/c1-3-7-11(8-4-1)13-12-9-5-2-6-10-12;1-7(2)10(11(14)15)12-18-9-6-4-3-5-8(9)13(16)17/h11-13H,1-10H2;3-7,10,12H,1-2H3,(H,14,15)/t;10-/m.1/s1. The lowest BCUT2D eigenvalue weighted by Crippen LogP contribution is -2.40. The average molecular weight is 452 g/mol. The minimum atomic E-state index is -0.976. The molecule has 3 N–H and O–H groups in total. The monoisotopic (exact) mass is 451 g/mol. The molecule has 1 aromatic rings. The van der Waals surface area contributed by atoms with Gasteiger partial charge in [-0.3, -0.25) is 14.9 Å². The average Bonchev–Trinajstić information content (AvgIpc) is 2.75. The number of hydrogen-bond donors (Lipinski definition) is 3. The molecule has 0 unspecified atom stereocenters. The molecule has 0 radical (unpaired) electrons. The van der Waals surface area contributed by atoms with E-state index in [1.165, 1.54) is 70.3 Å². The van der Waals surface area contributed by atoms with Gasteiger partial charge >= 0.3 is 5.97 Å². The summed E-state index contributed by atoms with van der Waals surface area (Å²) in [5.41, 5.74) is -0.0390. The van der Waals surface area contributed by atoms with Crippen LogP contribution in [0.15, 0.2) is 29.2 Å². The van der Waals surface area contributed by atoms with Crippen molar-refractivity contribution in [3.63, 3.8) is 0 Å². The Bertz CT molecular complexity index is 673. The predicted molar refractivity (Wildman–Crippen MR) is 125 cm³/mol. The first kappa shape index (κ1) is 25.6. The van der Waals surface area contributed by atoms with Crippen molar-refractivity contribution in [2.75, 3.05) is 0 Å². The third kappa shape index (κ3) is 9.17. The smallest absolute Gasteiger partial charge is 0.321 e. The Morgan fingerprint density at radius 3 is 2.00 bits per heavy atom. The number of benzene rings is 1. The maximum absolute atomic E-state index is 11.0. The molecule has 2 aliphatic carbocycles. The molecule has 2 aliphatic rings. The number of carboxylic acid groups (broad SMARTS) is 1. The molecule has 0 saturated heterocycles. The minimum Gasteiger partial charge on any atom is -0.480 e. The lowest BCUT2D eigenvalue weighted by molar-refractivity contribution is -0.387. The largest absolute Gasteiger partial charge is 0.480 e. The maximum Gasteiger partial charge on any atom is 0.321 e. The third-order valence-corrected chi connectivity index (χ3v) is 6.91.